The van der Waals surface area contributed by atoms with Gasteiger partial charge in [0.1, 0.15) is 0 Å². The summed E-state index contributed by atoms with van der Waals surface area (Å²) in [5.74, 6) is 1.32. The van der Waals surface area contributed by atoms with E-state index in [0.29, 0.717) is 17.5 Å². The van der Waals surface area contributed by atoms with Crippen LogP contribution < -0.4 is 5.32 Å². The van der Waals surface area contributed by atoms with E-state index in [4.69, 9.17) is 0 Å². The molecule has 0 heterocycles. The van der Waals surface area contributed by atoms with E-state index in [1.54, 1.807) is 18.2 Å². The Morgan fingerprint density at radius 3 is 2.86 bits per heavy atom. The fourth-order valence-electron chi connectivity index (χ4n) is 3.57. The smallest absolute Gasteiger partial charge is 0.270 e. The van der Waals surface area contributed by atoms with E-state index in [1.165, 1.54) is 37.5 Å². The molecule has 3 rings (SSSR count). The quantitative estimate of drug-likeness (QED) is 0.525. The molecule has 2 bridgehead atoms. The maximum atomic E-state index is 11.9. The summed E-state index contributed by atoms with van der Waals surface area (Å²) in [5.41, 5.74) is 0.693. The number of nitro benzene ring substituents is 1. The highest BCUT2D eigenvalue weighted by Crippen LogP contribution is 2.44. The first kappa shape index (κ1) is 13.8. The molecule has 2 aliphatic rings. The molecule has 2 fully saturated rings. The molecule has 5 nitrogen and oxygen atoms in total. The number of hydrogen-bond acceptors (Lipinski definition) is 3. The zero-order chi connectivity index (χ0) is 14.8. The lowest BCUT2D eigenvalue weighted by Gasteiger charge is -2.22. The van der Waals surface area contributed by atoms with E-state index >= 15 is 0 Å². The van der Waals surface area contributed by atoms with Gasteiger partial charge in [-0.1, -0.05) is 18.6 Å². The van der Waals surface area contributed by atoms with Crippen molar-refractivity contribution < 1.29 is 9.72 Å². The van der Waals surface area contributed by atoms with Crippen molar-refractivity contribution in [1.82, 2.24) is 5.32 Å². The average Bonchev–Trinajstić information content (AvgIpc) is 3.08. The van der Waals surface area contributed by atoms with Gasteiger partial charge in [-0.2, -0.15) is 0 Å². The summed E-state index contributed by atoms with van der Waals surface area (Å²) < 4.78 is 0. The maximum absolute atomic E-state index is 11.9. The van der Waals surface area contributed by atoms with E-state index in [9.17, 15) is 14.9 Å². The first-order valence-electron chi connectivity index (χ1n) is 7.35. The van der Waals surface area contributed by atoms with E-state index in [0.717, 1.165) is 12.3 Å². The highest BCUT2D eigenvalue weighted by molar-refractivity contribution is 5.92. The van der Waals surface area contributed by atoms with Crippen molar-refractivity contribution in [2.45, 2.75) is 31.7 Å². The summed E-state index contributed by atoms with van der Waals surface area (Å²) >= 11 is 0. The van der Waals surface area contributed by atoms with Crippen molar-refractivity contribution in [2.24, 2.45) is 11.8 Å². The summed E-state index contributed by atoms with van der Waals surface area (Å²) in [4.78, 5) is 22.2. The number of hydrogen-bond donors (Lipinski definition) is 1. The zero-order valence-electron chi connectivity index (χ0n) is 11.7. The number of carbonyl (C=O) groups is 1. The second-order valence-electron chi connectivity index (χ2n) is 5.98. The third kappa shape index (κ3) is 3.12. The molecule has 2 aliphatic carbocycles. The molecule has 0 saturated heterocycles. The second kappa shape index (κ2) is 5.68. The molecule has 5 heteroatoms. The van der Waals surface area contributed by atoms with E-state index in [1.807, 2.05) is 0 Å². The number of rotatable bonds is 4. The lowest BCUT2D eigenvalue weighted by Crippen LogP contribution is -2.37. The molecule has 1 amide bonds. The van der Waals surface area contributed by atoms with Crippen LogP contribution in [0.4, 0.5) is 5.69 Å². The third-order valence-corrected chi connectivity index (χ3v) is 4.57. The number of nitrogens with one attached hydrogen (secondary N) is 1. The predicted octanol–water partition coefficient (Wildman–Crippen LogP) is 2.91. The fraction of sp³-hybridized carbons (Fsp3) is 0.438. The number of fused-ring (bicyclic) bond motifs is 2. The van der Waals surface area contributed by atoms with Crippen molar-refractivity contribution in [2.75, 3.05) is 0 Å². The lowest BCUT2D eigenvalue weighted by molar-refractivity contribution is -0.384. The molecule has 0 unspecified atom stereocenters. The average molecular weight is 286 g/mol. The van der Waals surface area contributed by atoms with E-state index in [2.05, 4.69) is 5.32 Å². The highest BCUT2D eigenvalue weighted by Gasteiger charge is 2.39. The van der Waals surface area contributed by atoms with Gasteiger partial charge in [-0.25, -0.2) is 0 Å². The Morgan fingerprint density at radius 2 is 2.19 bits per heavy atom. The Hall–Kier alpha value is -2.17. The van der Waals surface area contributed by atoms with Crippen LogP contribution in [-0.2, 0) is 4.79 Å². The Balaban J connectivity index is 1.59. The van der Waals surface area contributed by atoms with Crippen LogP contribution >= 0.6 is 0 Å². The van der Waals surface area contributed by atoms with Crippen LogP contribution in [0.25, 0.3) is 6.08 Å². The monoisotopic (exact) mass is 286 g/mol. The molecule has 1 aromatic rings. The minimum absolute atomic E-state index is 0.0330. The minimum Gasteiger partial charge on any atom is -0.350 e. The Morgan fingerprint density at radius 1 is 1.33 bits per heavy atom. The van der Waals surface area contributed by atoms with Gasteiger partial charge in [0.05, 0.1) is 4.92 Å². The normalized spacial score (nSPS) is 27.1. The number of nitrogens with zero attached hydrogens (tertiary/aromatic N) is 1. The Kier molecular flexibility index (Phi) is 3.73. The predicted molar refractivity (Wildman–Crippen MR) is 79.5 cm³/mol. The molecule has 0 spiro atoms. The molecule has 0 radical (unpaired) electrons. The van der Waals surface area contributed by atoms with Gasteiger partial charge >= 0.3 is 0 Å². The lowest BCUT2D eigenvalue weighted by atomic mass is 9.95. The summed E-state index contributed by atoms with van der Waals surface area (Å²) in [7, 11) is 0. The van der Waals surface area contributed by atoms with Crippen LogP contribution in [0.3, 0.4) is 0 Å². The molecule has 0 aliphatic heterocycles. The van der Waals surface area contributed by atoms with Crippen LogP contribution in [-0.4, -0.2) is 16.9 Å². The van der Waals surface area contributed by atoms with Crippen LogP contribution in [0.5, 0.6) is 0 Å². The number of nitro groups is 1. The molecule has 2 saturated carbocycles. The van der Waals surface area contributed by atoms with Crippen molar-refractivity contribution >= 4 is 17.7 Å². The molecular weight excluding hydrogens is 268 g/mol. The topological polar surface area (TPSA) is 72.2 Å². The molecule has 110 valence electrons. The molecule has 3 atom stereocenters. The van der Waals surface area contributed by atoms with Gasteiger partial charge in [0.25, 0.3) is 5.69 Å². The Labute approximate surface area is 123 Å². The third-order valence-electron chi connectivity index (χ3n) is 4.57. The van der Waals surface area contributed by atoms with Crippen LogP contribution in [0.1, 0.15) is 31.2 Å². The fourth-order valence-corrected chi connectivity index (χ4v) is 3.57. The van der Waals surface area contributed by atoms with E-state index < -0.39 is 4.92 Å². The SMILES string of the molecule is O=C(/C=C/c1cccc([N+](=O)[O-])c1)N[C@@H]1C[C@H]2CC[C@@H]1C2. The van der Waals surface area contributed by atoms with Crippen molar-refractivity contribution in [1.29, 1.82) is 0 Å². The van der Waals surface area contributed by atoms with Gasteiger partial charge in [0.15, 0.2) is 0 Å². The van der Waals surface area contributed by atoms with Gasteiger partial charge < -0.3 is 5.32 Å². The molecule has 0 aromatic heterocycles. The zero-order valence-corrected chi connectivity index (χ0v) is 11.7. The van der Waals surface area contributed by atoms with E-state index in [-0.39, 0.29) is 11.6 Å². The summed E-state index contributed by atoms with van der Waals surface area (Å²) in [6.45, 7) is 0. The van der Waals surface area contributed by atoms with Crippen molar-refractivity contribution in [3.8, 4) is 0 Å². The van der Waals surface area contributed by atoms with Gasteiger partial charge in [0, 0.05) is 24.3 Å². The second-order valence-corrected chi connectivity index (χ2v) is 5.98. The standard InChI is InChI=1S/C16H18N2O3/c19-16(17-15-10-12-4-6-13(15)8-12)7-5-11-2-1-3-14(9-11)18(20)21/h1-3,5,7,9,12-13,15H,4,6,8,10H2,(H,17,19)/b7-5+/t12-,13+,15+/m0/s1. The van der Waals surface area contributed by atoms with Crippen LogP contribution in [0.15, 0.2) is 30.3 Å². The van der Waals surface area contributed by atoms with Gasteiger partial charge in [-0.3, -0.25) is 14.9 Å². The minimum atomic E-state index is -0.438. The van der Waals surface area contributed by atoms with Crippen molar-refractivity contribution in [3.05, 3.63) is 46.0 Å². The summed E-state index contributed by atoms with van der Waals surface area (Å²) in [6, 6.07) is 6.57. The molecule has 21 heavy (non-hydrogen) atoms. The molecule has 1 N–H and O–H groups in total. The summed E-state index contributed by atoms with van der Waals surface area (Å²) in [5, 5.41) is 13.8. The number of non-ortho nitro benzene ring substituents is 1. The van der Waals surface area contributed by atoms with Crippen LogP contribution in [0.2, 0.25) is 0 Å². The molecule has 1 aromatic carbocycles. The number of amides is 1. The number of carbonyl (C=O) groups excluding carboxylic acids is 1. The molecular formula is C16H18N2O3. The first-order chi connectivity index (χ1) is 10.1. The van der Waals surface area contributed by atoms with Crippen molar-refractivity contribution in [3.63, 3.8) is 0 Å². The largest absolute Gasteiger partial charge is 0.350 e. The summed E-state index contributed by atoms with van der Waals surface area (Å²) in [6.07, 6.45) is 7.96. The first-order valence-corrected chi connectivity index (χ1v) is 7.35. The number of benzene rings is 1. The Bertz CT molecular complexity index is 597. The van der Waals surface area contributed by atoms with Gasteiger partial charge in [-0.05, 0) is 42.7 Å². The van der Waals surface area contributed by atoms with Crippen LogP contribution in [0, 0.1) is 22.0 Å². The van der Waals surface area contributed by atoms with Gasteiger partial charge in [0.2, 0.25) is 5.91 Å². The highest BCUT2D eigenvalue weighted by atomic mass is 16.6. The maximum Gasteiger partial charge on any atom is 0.270 e. The van der Waals surface area contributed by atoms with Gasteiger partial charge in [-0.15, -0.1) is 0 Å².